The molecule has 2 N–H and O–H groups in total. The van der Waals surface area contributed by atoms with E-state index in [-0.39, 0.29) is 42.3 Å². The number of hydrogen-bond donors (Lipinski definition) is 2. The van der Waals surface area contributed by atoms with E-state index < -0.39 is 6.04 Å². The van der Waals surface area contributed by atoms with Crippen LogP contribution in [0.25, 0.3) is 0 Å². The van der Waals surface area contributed by atoms with Crippen molar-refractivity contribution in [3.63, 3.8) is 0 Å². The molecule has 33 heavy (non-hydrogen) atoms. The lowest BCUT2D eigenvalue weighted by Crippen LogP contribution is -2.42. The largest absolute Gasteiger partial charge is 0.495 e. The summed E-state index contributed by atoms with van der Waals surface area (Å²) < 4.78 is 6.06. The summed E-state index contributed by atoms with van der Waals surface area (Å²) in [7, 11) is 1.50. The number of halogens is 2. The molecule has 3 amide bonds. The monoisotopic (exact) mass is 552 g/mol. The van der Waals surface area contributed by atoms with Crippen LogP contribution in [0.2, 0.25) is 5.02 Å². The minimum Gasteiger partial charge on any atom is -0.495 e. The van der Waals surface area contributed by atoms with Crippen LogP contribution >= 0.6 is 39.7 Å². The molecule has 1 fully saturated rings. The number of ether oxygens (including phenoxy) is 1. The molecule has 8 nitrogen and oxygen atoms in total. The molecule has 1 atom stereocenters. The lowest BCUT2D eigenvalue weighted by Gasteiger charge is -2.24. The Kier molecular flexibility index (Phi) is 8.28. The lowest BCUT2D eigenvalue weighted by atomic mass is 10.1. The van der Waals surface area contributed by atoms with E-state index in [1.807, 2.05) is 0 Å². The van der Waals surface area contributed by atoms with Gasteiger partial charge in [-0.3, -0.25) is 19.3 Å². The fourth-order valence-electron chi connectivity index (χ4n) is 3.39. The molecule has 11 heteroatoms. The van der Waals surface area contributed by atoms with E-state index in [2.05, 4.69) is 26.6 Å². The van der Waals surface area contributed by atoms with Gasteiger partial charge in [0.1, 0.15) is 11.8 Å². The van der Waals surface area contributed by atoms with E-state index in [0.29, 0.717) is 22.1 Å². The molecular formula is C22H22BrClN4O4S. The van der Waals surface area contributed by atoms with Crippen LogP contribution in [0.15, 0.2) is 46.9 Å². The highest BCUT2D eigenvalue weighted by Gasteiger charge is 2.44. The van der Waals surface area contributed by atoms with Crippen molar-refractivity contribution < 1.29 is 19.1 Å². The first-order valence-corrected chi connectivity index (χ1v) is 11.6. The zero-order valence-corrected chi connectivity index (χ0v) is 21.1. The zero-order valence-electron chi connectivity index (χ0n) is 17.9. The Morgan fingerprint density at radius 1 is 1.21 bits per heavy atom. The highest BCUT2D eigenvalue weighted by Crippen LogP contribution is 2.33. The molecule has 0 aromatic heterocycles. The van der Waals surface area contributed by atoms with Gasteiger partial charge in [0.2, 0.25) is 11.8 Å². The number of nitrogens with one attached hydrogen (secondary N) is 2. The molecule has 1 heterocycles. The Morgan fingerprint density at radius 3 is 2.52 bits per heavy atom. The van der Waals surface area contributed by atoms with E-state index in [4.69, 9.17) is 28.6 Å². The Hall–Kier alpha value is -2.69. The highest BCUT2D eigenvalue weighted by molar-refractivity contribution is 9.10. The van der Waals surface area contributed by atoms with Gasteiger partial charge in [-0.2, -0.15) is 0 Å². The number of methoxy groups -OCH3 is 1. The van der Waals surface area contributed by atoms with Crippen molar-refractivity contribution >= 4 is 74.0 Å². The van der Waals surface area contributed by atoms with Gasteiger partial charge in [0.25, 0.3) is 5.91 Å². The summed E-state index contributed by atoms with van der Waals surface area (Å²) in [6.07, 6.45) is -0.116. The molecule has 1 saturated heterocycles. The number of thiocarbonyl (C=S) groups is 1. The molecule has 0 radical (unpaired) electrons. The van der Waals surface area contributed by atoms with Gasteiger partial charge in [0.05, 0.1) is 24.2 Å². The third-order valence-electron chi connectivity index (χ3n) is 4.95. The fraction of sp³-hybridized carbons (Fsp3) is 0.273. The van der Waals surface area contributed by atoms with Crippen LogP contribution in [-0.4, -0.2) is 54.0 Å². The van der Waals surface area contributed by atoms with Crippen molar-refractivity contribution in [2.45, 2.75) is 19.4 Å². The van der Waals surface area contributed by atoms with Gasteiger partial charge in [-0.25, -0.2) is 0 Å². The number of amides is 3. The molecule has 0 bridgehead atoms. The first-order chi connectivity index (χ1) is 15.7. The fourth-order valence-corrected chi connectivity index (χ4v) is 4.32. The quantitative estimate of drug-likeness (QED) is 0.486. The second-order valence-corrected chi connectivity index (χ2v) is 8.91. The summed E-state index contributed by atoms with van der Waals surface area (Å²) in [5.41, 5.74) is 1.08. The first kappa shape index (κ1) is 24.9. The molecule has 0 spiro atoms. The Balaban J connectivity index is 1.83. The standard InChI is InChI=1S/C22H22BrClN4O4S/c1-13(29)25-9-10-27-18(12-20(30)26-15-5-3-14(23)4-6-15)21(31)28(22(27)33)16-7-8-19(32-2)17(24)11-16/h3-8,11,18H,9-10,12H2,1-2H3,(H,25,29)(H,26,30)/t18-/m1/s1. The maximum absolute atomic E-state index is 13.4. The molecule has 2 aromatic rings. The normalized spacial score (nSPS) is 15.6. The summed E-state index contributed by atoms with van der Waals surface area (Å²) in [5, 5.41) is 6.05. The number of hydrogen-bond acceptors (Lipinski definition) is 5. The van der Waals surface area contributed by atoms with Gasteiger partial charge in [-0.15, -0.1) is 0 Å². The van der Waals surface area contributed by atoms with E-state index in [1.165, 1.54) is 18.9 Å². The molecule has 2 aromatic carbocycles. The SMILES string of the molecule is COc1ccc(N2C(=O)[C@@H](CC(=O)Nc3ccc(Br)cc3)N(CCNC(C)=O)C2=S)cc1Cl. The number of anilines is 2. The maximum atomic E-state index is 13.4. The molecule has 0 aliphatic carbocycles. The smallest absolute Gasteiger partial charge is 0.256 e. The van der Waals surface area contributed by atoms with Crippen LogP contribution < -0.4 is 20.3 Å². The predicted molar refractivity (Wildman–Crippen MR) is 135 cm³/mol. The average Bonchev–Trinajstić information content (AvgIpc) is 2.99. The topological polar surface area (TPSA) is 91.0 Å². The summed E-state index contributed by atoms with van der Waals surface area (Å²) in [6, 6.07) is 11.2. The third-order valence-corrected chi connectivity index (χ3v) is 6.19. The number of rotatable bonds is 8. The van der Waals surface area contributed by atoms with Crippen LogP contribution in [0.4, 0.5) is 11.4 Å². The molecule has 0 saturated carbocycles. The zero-order chi connectivity index (χ0) is 24.1. The number of carbonyl (C=O) groups is 3. The van der Waals surface area contributed by atoms with Crippen LogP contribution in [-0.2, 0) is 14.4 Å². The second kappa shape index (κ2) is 11.0. The van der Waals surface area contributed by atoms with Gasteiger partial charge in [-0.1, -0.05) is 27.5 Å². The van der Waals surface area contributed by atoms with Crippen LogP contribution in [0, 0.1) is 0 Å². The van der Waals surface area contributed by atoms with Gasteiger partial charge in [0, 0.05) is 30.2 Å². The van der Waals surface area contributed by atoms with Crippen molar-refractivity contribution in [2.24, 2.45) is 0 Å². The number of carbonyl (C=O) groups excluding carboxylic acids is 3. The molecular weight excluding hydrogens is 532 g/mol. The number of nitrogens with zero attached hydrogens (tertiary/aromatic N) is 2. The average molecular weight is 554 g/mol. The summed E-state index contributed by atoms with van der Waals surface area (Å²) in [4.78, 5) is 40.4. The van der Waals surface area contributed by atoms with E-state index >= 15 is 0 Å². The second-order valence-electron chi connectivity index (χ2n) is 7.23. The van der Waals surface area contributed by atoms with Crippen molar-refractivity contribution in [3.8, 4) is 5.75 Å². The Morgan fingerprint density at radius 2 is 1.91 bits per heavy atom. The van der Waals surface area contributed by atoms with E-state index in [0.717, 1.165) is 4.47 Å². The van der Waals surface area contributed by atoms with Gasteiger partial charge in [0.15, 0.2) is 5.11 Å². The summed E-state index contributed by atoms with van der Waals surface area (Å²) in [5.74, 6) is -0.423. The molecule has 0 unspecified atom stereocenters. The van der Waals surface area contributed by atoms with E-state index in [9.17, 15) is 14.4 Å². The van der Waals surface area contributed by atoms with Gasteiger partial charge < -0.3 is 20.3 Å². The van der Waals surface area contributed by atoms with Crippen LogP contribution in [0.1, 0.15) is 13.3 Å². The van der Waals surface area contributed by atoms with Crippen molar-refractivity contribution in [1.29, 1.82) is 0 Å². The Labute approximate surface area is 210 Å². The minimum atomic E-state index is -0.831. The van der Waals surface area contributed by atoms with Gasteiger partial charge in [-0.05, 0) is 54.7 Å². The molecule has 174 valence electrons. The lowest BCUT2D eigenvalue weighted by molar-refractivity contribution is -0.124. The highest BCUT2D eigenvalue weighted by atomic mass is 79.9. The van der Waals surface area contributed by atoms with Crippen molar-refractivity contribution in [1.82, 2.24) is 10.2 Å². The van der Waals surface area contributed by atoms with Crippen molar-refractivity contribution in [2.75, 3.05) is 30.4 Å². The first-order valence-electron chi connectivity index (χ1n) is 9.99. The van der Waals surface area contributed by atoms with Crippen LogP contribution in [0.3, 0.4) is 0 Å². The Bertz CT molecular complexity index is 1080. The summed E-state index contributed by atoms with van der Waals surface area (Å²) >= 11 is 15.2. The van der Waals surface area contributed by atoms with Crippen molar-refractivity contribution in [3.05, 3.63) is 52.0 Å². The molecule has 1 aliphatic heterocycles. The van der Waals surface area contributed by atoms with Gasteiger partial charge >= 0.3 is 0 Å². The number of benzene rings is 2. The molecule has 3 rings (SSSR count). The molecule has 1 aliphatic rings. The summed E-state index contributed by atoms with van der Waals surface area (Å²) in [6.45, 7) is 1.94. The minimum absolute atomic E-state index is 0.116. The van der Waals surface area contributed by atoms with E-state index in [1.54, 1.807) is 47.4 Å². The predicted octanol–water partition coefficient (Wildman–Crippen LogP) is 3.58. The third kappa shape index (κ3) is 6.01. The van der Waals surface area contributed by atoms with Crippen LogP contribution in [0.5, 0.6) is 5.75 Å². The maximum Gasteiger partial charge on any atom is 0.256 e.